The third kappa shape index (κ3) is 3.53. The molecule has 108 valence electrons. The van der Waals surface area contributed by atoms with Crippen molar-refractivity contribution in [1.29, 1.82) is 0 Å². The monoisotopic (exact) mass is 272 g/mol. The Labute approximate surface area is 121 Å². The maximum Gasteiger partial charge on any atom is 0.110 e. The fourth-order valence-corrected chi connectivity index (χ4v) is 2.33. The van der Waals surface area contributed by atoms with Crippen LogP contribution >= 0.6 is 0 Å². The summed E-state index contributed by atoms with van der Waals surface area (Å²) in [4.78, 5) is 6.67. The van der Waals surface area contributed by atoms with Crippen LogP contribution in [-0.2, 0) is 13.5 Å². The van der Waals surface area contributed by atoms with E-state index in [-0.39, 0.29) is 0 Å². The zero-order valence-corrected chi connectivity index (χ0v) is 12.6. The molecule has 1 aromatic carbocycles. The molecular weight excluding hydrogens is 248 g/mol. The van der Waals surface area contributed by atoms with Crippen LogP contribution in [0.2, 0.25) is 0 Å². The zero-order valence-electron chi connectivity index (χ0n) is 12.6. The molecule has 0 spiro atoms. The Hall–Kier alpha value is -1.97. The number of anilines is 2. The maximum atomic E-state index is 4.32. The van der Waals surface area contributed by atoms with Crippen LogP contribution in [0.25, 0.3) is 0 Å². The van der Waals surface area contributed by atoms with Gasteiger partial charge in [0.05, 0.1) is 0 Å². The number of nitrogens with one attached hydrogen (secondary N) is 1. The van der Waals surface area contributed by atoms with E-state index >= 15 is 0 Å². The normalized spacial score (nSPS) is 10.6. The van der Waals surface area contributed by atoms with Crippen LogP contribution in [0.15, 0.2) is 36.7 Å². The molecule has 0 aliphatic heterocycles. The molecule has 0 saturated heterocycles. The Balaban J connectivity index is 1.86. The summed E-state index contributed by atoms with van der Waals surface area (Å²) >= 11 is 0. The molecule has 1 heterocycles. The fourth-order valence-electron chi connectivity index (χ4n) is 2.33. The Kier molecular flexibility index (Phi) is 5.04. The van der Waals surface area contributed by atoms with Crippen molar-refractivity contribution in [2.24, 2.45) is 7.05 Å². The highest BCUT2D eigenvalue weighted by Crippen LogP contribution is 2.17. The van der Waals surface area contributed by atoms with E-state index in [1.54, 1.807) is 0 Å². The zero-order chi connectivity index (χ0) is 14.4. The lowest BCUT2D eigenvalue weighted by atomic mass is 10.2. The number of nitrogens with zero attached hydrogens (tertiary/aromatic N) is 3. The van der Waals surface area contributed by atoms with Crippen LogP contribution in [0.1, 0.15) is 19.7 Å². The van der Waals surface area contributed by atoms with E-state index < -0.39 is 0 Å². The van der Waals surface area contributed by atoms with Gasteiger partial charge in [-0.05, 0) is 38.1 Å². The van der Waals surface area contributed by atoms with Gasteiger partial charge in [-0.2, -0.15) is 0 Å². The van der Waals surface area contributed by atoms with Crippen LogP contribution in [0.4, 0.5) is 11.4 Å². The average molecular weight is 272 g/mol. The molecule has 0 aliphatic carbocycles. The van der Waals surface area contributed by atoms with Gasteiger partial charge in [-0.1, -0.05) is 0 Å². The van der Waals surface area contributed by atoms with Crippen molar-refractivity contribution in [2.75, 3.05) is 29.9 Å². The minimum Gasteiger partial charge on any atom is -0.385 e. The van der Waals surface area contributed by atoms with Crippen molar-refractivity contribution in [3.63, 3.8) is 0 Å². The van der Waals surface area contributed by atoms with Crippen molar-refractivity contribution in [3.8, 4) is 0 Å². The van der Waals surface area contributed by atoms with Gasteiger partial charge in [-0.3, -0.25) is 0 Å². The summed E-state index contributed by atoms with van der Waals surface area (Å²) in [5.74, 6) is 1.11. The van der Waals surface area contributed by atoms with Crippen LogP contribution in [-0.4, -0.2) is 29.2 Å². The van der Waals surface area contributed by atoms with Gasteiger partial charge in [0.1, 0.15) is 5.82 Å². The third-order valence-electron chi connectivity index (χ3n) is 3.59. The Morgan fingerprint density at radius 1 is 1.15 bits per heavy atom. The molecule has 1 aromatic heterocycles. The number of benzene rings is 1. The lowest BCUT2D eigenvalue weighted by molar-refractivity contribution is 0.789. The van der Waals surface area contributed by atoms with E-state index in [2.05, 4.69) is 57.9 Å². The molecule has 20 heavy (non-hydrogen) atoms. The first-order chi connectivity index (χ1) is 9.74. The van der Waals surface area contributed by atoms with Gasteiger partial charge in [0.2, 0.25) is 0 Å². The number of imidazole rings is 1. The highest BCUT2D eigenvalue weighted by molar-refractivity contribution is 5.55. The second-order valence-electron chi connectivity index (χ2n) is 4.85. The summed E-state index contributed by atoms with van der Waals surface area (Å²) in [6, 6.07) is 8.64. The number of rotatable bonds is 7. The van der Waals surface area contributed by atoms with E-state index in [4.69, 9.17) is 0 Å². The van der Waals surface area contributed by atoms with Gasteiger partial charge >= 0.3 is 0 Å². The quantitative estimate of drug-likeness (QED) is 0.841. The summed E-state index contributed by atoms with van der Waals surface area (Å²) in [7, 11) is 2.03. The summed E-state index contributed by atoms with van der Waals surface area (Å²) in [5, 5.41) is 3.44. The molecule has 2 aromatic rings. The molecule has 0 aliphatic rings. The highest BCUT2D eigenvalue weighted by Gasteiger charge is 2.02. The standard InChI is InChI=1S/C16H24N4/c1-4-20(5-2)15-8-6-14(7-9-15)17-11-10-16-18-12-13-19(16)3/h6-9,12-13,17H,4-5,10-11H2,1-3H3. The van der Waals surface area contributed by atoms with Crippen molar-refractivity contribution < 1.29 is 0 Å². The lowest BCUT2D eigenvalue weighted by Crippen LogP contribution is -2.21. The molecule has 4 nitrogen and oxygen atoms in total. The summed E-state index contributed by atoms with van der Waals surface area (Å²) in [6.07, 6.45) is 4.75. The predicted octanol–water partition coefficient (Wildman–Crippen LogP) is 2.92. The SMILES string of the molecule is CCN(CC)c1ccc(NCCc2nccn2C)cc1. The molecule has 0 unspecified atom stereocenters. The fraction of sp³-hybridized carbons (Fsp3) is 0.438. The molecule has 0 amide bonds. The minimum atomic E-state index is 0.898. The molecule has 0 bridgehead atoms. The first-order valence-corrected chi connectivity index (χ1v) is 7.29. The second kappa shape index (κ2) is 6.98. The van der Waals surface area contributed by atoms with Crippen LogP contribution in [0, 0.1) is 0 Å². The Bertz CT molecular complexity index is 512. The summed E-state index contributed by atoms with van der Waals surface area (Å²) in [5.41, 5.74) is 2.44. The van der Waals surface area contributed by atoms with Crippen LogP contribution < -0.4 is 10.2 Å². The van der Waals surface area contributed by atoms with Gasteiger partial charge in [0, 0.05) is 56.9 Å². The van der Waals surface area contributed by atoms with Crippen molar-refractivity contribution in [2.45, 2.75) is 20.3 Å². The van der Waals surface area contributed by atoms with Gasteiger partial charge < -0.3 is 14.8 Å². The topological polar surface area (TPSA) is 33.1 Å². The van der Waals surface area contributed by atoms with Gasteiger partial charge in [-0.25, -0.2) is 4.98 Å². The van der Waals surface area contributed by atoms with Gasteiger partial charge in [0.15, 0.2) is 0 Å². The number of hydrogen-bond donors (Lipinski definition) is 1. The molecule has 1 N–H and O–H groups in total. The minimum absolute atomic E-state index is 0.898. The van der Waals surface area contributed by atoms with E-state index in [9.17, 15) is 0 Å². The number of hydrogen-bond acceptors (Lipinski definition) is 3. The second-order valence-corrected chi connectivity index (χ2v) is 4.85. The molecule has 0 radical (unpaired) electrons. The van der Waals surface area contributed by atoms with E-state index in [1.807, 2.05) is 19.4 Å². The largest absolute Gasteiger partial charge is 0.385 e. The van der Waals surface area contributed by atoms with Crippen molar-refractivity contribution in [1.82, 2.24) is 9.55 Å². The summed E-state index contributed by atoms with van der Waals surface area (Å²) < 4.78 is 2.06. The maximum absolute atomic E-state index is 4.32. The average Bonchev–Trinajstić information content (AvgIpc) is 2.87. The van der Waals surface area contributed by atoms with Gasteiger partial charge in [-0.15, -0.1) is 0 Å². The third-order valence-corrected chi connectivity index (χ3v) is 3.59. The molecule has 0 saturated carbocycles. The molecule has 4 heteroatoms. The highest BCUT2D eigenvalue weighted by atomic mass is 15.1. The van der Waals surface area contributed by atoms with Gasteiger partial charge in [0.25, 0.3) is 0 Å². The molecule has 0 atom stereocenters. The predicted molar refractivity (Wildman–Crippen MR) is 85.4 cm³/mol. The van der Waals surface area contributed by atoms with Crippen LogP contribution in [0.3, 0.4) is 0 Å². The molecule has 2 rings (SSSR count). The van der Waals surface area contributed by atoms with E-state index in [0.717, 1.165) is 37.6 Å². The van der Waals surface area contributed by atoms with E-state index in [1.165, 1.54) is 5.69 Å². The smallest absolute Gasteiger partial charge is 0.110 e. The first-order valence-electron chi connectivity index (χ1n) is 7.29. The first kappa shape index (κ1) is 14.4. The van der Waals surface area contributed by atoms with Crippen LogP contribution in [0.5, 0.6) is 0 Å². The molecule has 0 fully saturated rings. The van der Waals surface area contributed by atoms with E-state index in [0.29, 0.717) is 0 Å². The lowest BCUT2D eigenvalue weighted by Gasteiger charge is -2.21. The summed E-state index contributed by atoms with van der Waals surface area (Å²) in [6.45, 7) is 7.35. The number of aromatic nitrogens is 2. The van der Waals surface area contributed by atoms with Crippen molar-refractivity contribution in [3.05, 3.63) is 42.5 Å². The Morgan fingerprint density at radius 3 is 2.40 bits per heavy atom. The Morgan fingerprint density at radius 2 is 1.85 bits per heavy atom. The molecular formula is C16H24N4. The van der Waals surface area contributed by atoms with Crippen molar-refractivity contribution >= 4 is 11.4 Å². The number of aryl methyl sites for hydroxylation is 1.